The Labute approximate surface area is 150 Å². The molecular formula is C20H19FN2OS. The lowest BCUT2D eigenvalue weighted by atomic mass is 10.1. The predicted octanol–water partition coefficient (Wildman–Crippen LogP) is 4.51. The molecule has 0 aliphatic rings. The quantitative estimate of drug-likeness (QED) is 0.708. The molecule has 2 heterocycles. The summed E-state index contributed by atoms with van der Waals surface area (Å²) in [6, 6.07) is 11.0. The second-order valence-corrected chi connectivity index (χ2v) is 6.66. The van der Waals surface area contributed by atoms with Crippen molar-refractivity contribution in [2.24, 2.45) is 0 Å². The molecule has 0 bridgehead atoms. The third kappa shape index (κ3) is 4.51. The average molecular weight is 354 g/mol. The molecule has 0 aliphatic carbocycles. The molecule has 5 heteroatoms. The number of carbonyl (C=O) groups is 1. The molecule has 25 heavy (non-hydrogen) atoms. The van der Waals surface area contributed by atoms with E-state index in [1.807, 2.05) is 35.0 Å². The lowest BCUT2D eigenvalue weighted by Gasteiger charge is -2.09. The first-order chi connectivity index (χ1) is 12.1. The van der Waals surface area contributed by atoms with E-state index in [4.69, 9.17) is 0 Å². The van der Waals surface area contributed by atoms with E-state index in [0.29, 0.717) is 24.9 Å². The minimum absolute atomic E-state index is 0.0545. The lowest BCUT2D eigenvalue weighted by molar-refractivity contribution is -0.121. The summed E-state index contributed by atoms with van der Waals surface area (Å²) in [7, 11) is 0. The fraction of sp³-hybridized carbons (Fsp3) is 0.200. The van der Waals surface area contributed by atoms with Crippen molar-refractivity contribution in [1.82, 2.24) is 10.3 Å². The highest BCUT2D eigenvalue weighted by atomic mass is 32.1. The van der Waals surface area contributed by atoms with Gasteiger partial charge in [0, 0.05) is 30.1 Å². The number of aryl methyl sites for hydroxylation is 2. The van der Waals surface area contributed by atoms with Gasteiger partial charge in [0.25, 0.3) is 0 Å². The fourth-order valence-electron chi connectivity index (χ4n) is 2.57. The highest BCUT2D eigenvalue weighted by molar-refractivity contribution is 7.08. The first kappa shape index (κ1) is 17.3. The zero-order chi connectivity index (χ0) is 17.6. The van der Waals surface area contributed by atoms with Crippen LogP contribution in [0.1, 0.15) is 23.1 Å². The number of nitrogens with one attached hydrogen (secondary N) is 1. The zero-order valence-electron chi connectivity index (χ0n) is 14.0. The number of pyridine rings is 1. The normalized spacial score (nSPS) is 10.6. The summed E-state index contributed by atoms with van der Waals surface area (Å²) in [4.78, 5) is 16.5. The van der Waals surface area contributed by atoms with E-state index in [-0.39, 0.29) is 11.7 Å². The molecular weight excluding hydrogens is 335 g/mol. The topological polar surface area (TPSA) is 42.0 Å². The van der Waals surface area contributed by atoms with Gasteiger partial charge in [-0.2, -0.15) is 11.3 Å². The van der Waals surface area contributed by atoms with E-state index >= 15 is 0 Å². The Morgan fingerprint density at radius 2 is 2.16 bits per heavy atom. The maximum Gasteiger partial charge on any atom is 0.220 e. The maximum atomic E-state index is 13.5. The Morgan fingerprint density at radius 1 is 1.28 bits per heavy atom. The van der Waals surface area contributed by atoms with Gasteiger partial charge in [-0.15, -0.1) is 0 Å². The van der Waals surface area contributed by atoms with E-state index in [1.54, 1.807) is 30.5 Å². The second-order valence-electron chi connectivity index (χ2n) is 5.88. The number of nitrogens with zero attached hydrogens (tertiary/aromatic N) is 1. The van der Waals surface area contributed by atoms with Crippen LogP contribution in [0.3, 0.4) is 0 Å². The fourth-order valence-corrected chi connectivity index (χ4v) is 3.21. The van der Waals surface area contributed by atoms with Gasteiger partial charge in [0.2, 0.25) is 5.91 Å². The van der Waals surface area contributed by atoms with Crippen LogP contribution in [-0.2, 0) is 17.8 Å². The highest BCUT2D eigenvalue weighted by Gasteiger charge is 2.09. The van der Waals surface area contributed by atoms with Crippen LogP contribution in [-0.4, -0.2) is 10.9 Å². The molecule has 0 atom stereocenters. The van der Waals surface area contributed by atoms with Crippen molar-refractivity contribution < 1.29 is 9.18 Å². The summed E-state index contributed by atoms with van der Waals surface area (Å²) in [6.45, 7) is 2.16. The van der Waals surface area contributed by atoms with Crippen molar-refractivity contribution in [3.63, 3.8) is 0 Å². The number of benzene rings is 1. The molecule has 0 radical (unpaired) electrons. The Kier molecular flexibility index (Phi) is 5.56. The summed E-state index contributed by atoms with van der Waals surface area (Å²) in [5.74, 6) is -0.283. The van der Waals surface area contributed by atoms with Crippen LogP contribution in [0.15, 0.2) is 53.4 Å². The highest BCUT2D eigenvalue weighted by Crippen LogP contribution is 2.23. The number of thiophene rings is 1. The number of aromatic nitrogens is 1. The van der Waals surface area contributed by atoms with E-state index in [2.05, 4.69) is 10.3 Å². The van der Waals surface area contributed by atoms with Crippen LogP contribution >= 0.6 is 11.3 Å². The lowest BCUT2D eigenvalue weighted by Crippen LogP contribution is -2.23. The monoisotopic (exact) mass is 354 g/mol. The summed E-state index contributed by atoms with van der Waals surface area (Å²) < 4.78 is 13.5. The number of hydrogen-bond donors (Lipinski definition) is 1. The first-order valence-electron chi connectivity index (χ1n) is 8.11. The van der Waals surface area contributed by atoms with Gasteiger partial charge in [-0.1, -0.05) is 18.2 Å². The molecule has 3 rings (SSSR count). The molecule has 1 N–H and O–H groups in total. The Balaban J connectivity index is 1.57. The first-order valence-corrected chi connectivity index (χ1v) is 9.06. The van der Waals surface area contributed by atoms with Crippen molar-refractivity contribution in [1.29, 1.82) is 0 Å². The molecule has 0 spiro atoms. The van der Waals surface area contributed by atoms with E-state index < -0.39 is 0 Å². The third-order valence-corrected chi connectivity index (χ3v) is 4.72. The molecule has 1 aromatic carbocycles. The Bertz CT molecular complexity index is 862. The largest absolute Gasteiger partial charge is 0.352 e. The van der Waals surface area contributed by atoms with Gasteiger partial charge in [0.05, 0.1) is 5.69 Å². The number of hydrogen-bond acceptors (Lipinski definition) is 3. The van der Waals surface area contributed by atoms with Crippen molar-refractivity contribution in [2.45, 2.75) is 26.3 Å². The molecule has 3 aromatic rings. The van der Waals surface area contributed by atoms with Crippen molar-refractivity contribution >= 4 is 17.2 Å². The second kappa shape index (κ2) is 8.03. The SMILES string of the molecule is Cc1ccc(CCC(=O)NCc2cccnc2-c2ccsc2)cc1F. The minimum Gasteiger partial charge on any atom is -0.352 e. The van der Waals surface area contributed by atoms with Crippen LogP contribution < -0.4 is 5.32 Å². The standard InChI is InChI=1S/C20H19FN2OS/c1-14-4-5-15(11-18(14)21)6-7-19(24)23-12-16-3-2-9-22-20(16)17-8-10-25-13-17/h2-5,8-11,13H,6-7,12H2,1H3,(H,23,24). The van der Waals surface area contributed by atoms with E-state index in [0.717, 1.165) is 22.4 Å². The Hall–Kier alpha value is -2.53. The van der Waals surface area contributed by atoms with Gasteiger partial charge in [-0.25, -0.2) is 4.39 Å². The molecule has 0 aliphatic heterocycles. The van der Waals surface area contributed by atoms with Gasteiger partial charge in [0.1, 0.15) is 5.82 Å². The van der Waals surface area contributed by atoms with Crippen LogP contribution in [0, 0.1) is 12.7 Å². The molecule has 3 nitrogen and oxygen atoms in total. The molecule has 0 saturated carbocycles. The third-order valence-electron chi connectivity index (χ3n) is 4.04. The predicted molar refractivity (Wildman–Crippen MR) is 98.9 cm³/mol. The molecule has 0 fully saturated rings. The number of rotatable bonds is 6. The van der Waals surface area contributed by atoms with Gasteiger partial charge in [-0.3, -0.25) is 9.78 Å². The number of halogens is 1. The van der Waals surface area contributed by atoms with Crippen LogP contribution in [0.4, 0.5) is 4.39 Å². The van der Waals surface area contributed by atoms with Gasteiger partial charge < -0.3 is 5.32 Å². The van der Waals surface area contributed by atoms with Gasteiger partial charge in [0.15, 0.2) is 0 Å². The van der Waals surface area contributed by atoms with E-state index in [9.17, 15) is 9.18 Å². The summed E-state index contributed by atoms with van der Waals surface area (Å²) >= 11 is 1.62. The number of amides is 1. The van der Waals surface area contributed by atoms with Crippen molar-refractivity contribution in [2.75, 3.05) is 0 Å². The zero-order valence-corrected chi connectivity index (χ0v) is 14.8. The number of carbonyl (C=O) groups excluding carboxylic acids is 1. The molecule has 1 amide bonds. The van der Waals surface area contributed by atoms with Crippen LogP contribution in [0.2, 0.25) is 0 Å². The van der Waals surface area contributed by atoms with Crippen molar-refractivity contribution in [3.05, 3.63) is 75.9 Å². The van der Waals surface area contributed by atoms with Crippen LogP contribution in [0.5, 0.6) is 0 Å². The van der Waals surface area contributed by atoms with Crippen molar-refractivity contribution in [3.8, 4) is 11.3 Å². The summed E-state index contributed by atoms with van der Waals surface area (Å²) in [5, 5.41) is 6.98. The molecule has 0 unspecified atom stereocenters. The molecule has 0 saturated heterocycles. The minimum atomic E-state index is -0.228. The summed E-state index contributed by atoms with van der Waals surface area (Å²) in [5.41, 5.74) is 4.38. The van der Waals surface area contributed by atoms with Gasteiger partial charge >= 0.3 is 0 Å². The smallest absolute Gasteiger partial charge is 0.220 e. The summed E-state index contributed by atoms with van der Waals surface area (Å²) in [6.07, 6.45) is 2.61. The average Bonchev–Trinajstić information content (AvgIpc) is 3.15. The van der Waals surface area contributed by atoms with Gasteiger partial charge in [-0.05, 0) is 53.6 Å². The molecule has 128 valence electrons. The molecule has 2 aromatic heterocycles. The van der Waals surface area contributed by atoms with Crippen LogP contribution in [0.25, 0.3) is 11.3 Å². The van der Waals surface area contributed by atoms with E-state index in [1.165, 1.54) is 6.07 Å². The Morgan fingerprint density at radius 3 is 2.92 bits per heavy atom. The maximum absolute atomic E-state index is 13.5.